The molecule has 0 spiro atoms. The van der Waals surface area contributed by atoms with Gasteiger partial charge in [-0.1, -0.05) is 6.92 Å². The van der Waals surface area contributed by atoms with Crippen molar-refractivity contribution in [3.8, 4) is 0 Å². The number of nitrogens with zero attached hydrogens (tertiary/aromatic N) is 4. The SMILES string of the molecule is CCc1[nH]c(=O)c(Nc2ccc(N3CCC(N4CCN(C)CC4)CC3)c(C)c2)nc1NCC1CCNCC1. The number of aryl methyl sites for hydroxylation is 2. The fraction of sp³-hybridized carbons (Fsp3) is 0.655. The monoisotopic (exact) mass is 522 g/mol. The van der Waals surface area contributed by atoms with E-state index in [2.05, 4.69) is 67.8 Å². The highest BCUT2D eigenvalue weighted by Gasteiger charge is 2.27. The van der Waals surface area contributed by atoms with Crippen LogP contribution in [0.4, 0.5) is 23.0 Å². The van der Waals surface area contributed by atoms with Gasteiger partial charge in [-0.3, -0.25) is 9.69 Å². The fourth-order valence-corrected chi connectivity index (χ4v) is 6.18. The van der Waals surface area contributed by atoms with Crippen LogP contribution in [0.25, 0.3) is 0 Å². The lowest BCUT2D eigenvalue weighted by atomic mass is 9.98. The second kappa shape index (κ2) is 12.5. The van der Waals surface area contributed by atoms with Crippen LogP contribution in [-0.4, -0.2) is 91.8 Å². The Labute approximate surface area is 227 Å². The van der Waals surface area contributed by atoms with Crippen molar-refractivity contribution in [3.05, 3.63) is 39.8 Å². The summed E-state index contributed by atoms with van der Waals surface area (Å²) in [5, 5.41) is 10.2. The summed E-state index contributed by atoms with van der Waals surface area (Å²) in [6.45, 7) is 14.2. The van der Waals surface area contributed by atoms with Gasteiger partial charge >= 0.3 is 0 Å². The molecule has 9 heteroatoms. The Bertz CT molecular complexity index is 1110. The number of likely N-dealkylation sites (N-methyl/N-ethyl adjacent to an activating group) is 1. The molecule has 5 rings (SSSR count). The molecule has 4 heterocycles. The number of H-pyrrole nitrogens is 1. The lowest BCUT2D eigenvalue weighted by Gasteiger charge is -2.43. The van der Waals surface area contributed by atoms with Crippen molar-refractivity contribution in [3.63, 3.8) is 0 Å². The molecule has 38 heavy (non-hydrogen) atoms. The maximum atomic E-state index is 12.8. The van der Waals surface area contributed by atoms with E-state index in [1.807, 2.05) is 6.92 Å². The van der Waals surface area contributed by atoms with Gasteiger partial charge in [-0.15, -0.1) is 0 Å². The molecule has 3 aliphatic rings. The maximum absolute atomic E-state index is 12.8. The molecule has 2 aromatic rings. The standard InChI is InChI=1S/C29H46N8O/c1-4-25-27(31-20-22-7-11-30-12-8-22)34-28(29(38)33-25)32-23-5-6-26(21(2)19-23)37-13-9-24(10-14-37)36-17-15-35(3)16-18-36/h5-6,19,22,24,30H,4,7-18,20H2,1-3H3,(H,33,38)(H2,31,32,34). The number of aromatic amines is 1. The smallest absolute Gasteiger partial charge is 0.291 e. The number of hydrogen-bond donors (Lipinski definition) is 4. The highest BCUT2D eigenvalue weighted by atomic mass is 16.1. The van der Waals surface area contributed by atoms with Crippen molar-refractivity contribution in [2.24, 2.45) is 5.92 Å². The minimum Gasteiger partial charge on any atom is -0.371 e. The summed E-state index contributed by atoms with van der Waals surface area (Å²) < 4.78 is 0. The lowest BCUT2D eigenvalue weighted by molar-refractivity contribution is 0.0982. The topological polar surface area (TPSA) is 91.6 Å². The minimum atomic E-state index is -0.179. The molecule has 0 unspecified atom stereocenters. The number of anilines is 4. The first-order valence-corrected chi connectivity index (χ1v) is 14.6. The molecule has 0 radical (unpaired) electrons. The Morgan fingerprint density at radius 2 is 1.74 bits per heavy atom. The minimum absolute atomic E-state index is 0.179. The molecular formula is C29H46N8O. The Balaban J connectivity index is 1.21. The average molecular weight is 523 g/mol. The molecule has 4 N–H and O–H groups in total. The molecule has 0 atom stereocenters. The highest BCUT2D eigenvalue weighted by molar-refractivity contribution is 5.65. The second-order valence-electron chi connectivity index (χ2n) is 11.4. The van der Waals surface area contributed by atoms with E-state index in [-0.39, 0.29) is 5.56 Å². The van der Waals surface area contributed by atoms with Crippen molar-refractivity contribution in [1.29, 1.82) is 0 Å². The van der Waals surface area contributed by atoms with E-state index in [4.69, 9.17) is 4.98 Å². The van der Waals surface area contributed by atoms with E-state index in [0.717, 1.165) is 56.3 Å². The molecule has 0 saturated carbocycles. The Morgan fingerprint density at radius 3 is 2.42 bits per heavy atom. The van der Waals surface area contributed by atoms with Crippen LogP contribution in [0.5, 0.6) is 0 Å². The van der Waals surface area contributed by atoms with Gasteiger partial charge in [0, 0.05) is 63.2 Å². The third kappa shape index (κ3) is 6.50. The Hall–Kier alpha value is -2.62. The summed E-state index contributed by atoms with van der Waals surface area (Å²) in [7, 11) is 2.22. The summed E-state index contributed by atoms with van der Waals surface area (Å²) in [6.07, 6.45) is 5.51. The van der Waals surface area contributed by atoms with Crippen molar-refractivity contribution >= 4 is 23.0 Å². The van der Waals surface area contributed by atoms with Crippen molar-refractivity contribution in [2.75, 3.05) is 81.5 Å². The van der Waals surface area contributed by atoms with Crippen LogP contribution >= 0.6 is 0 Å². The van der Waals surface area contributed by atoms with Gasteiger partial charge in [-0.05, 0) is 88.8 Å². The van der Waals surface area contributed by atoms with Crippen LogP contribution in [0, 0.1) is 12.8 Å². The zero-order valence-electron chi connectivity index (χ0n) is 23.5. The number of piperidine rings is 2. The van der Waals surface area contributed by atoms with Crippen LogP contribution in [0.2, 0.25) is 0 Å². The van der Waals surface area contributed by atoms with Gasteiger partial charge < -0.3 is 30.7 Å². The van der Waals surface area contributed by atoms with Crippen molar-refractivity contribution in [2.45, 2.75) is 52.0 Å². The van der Waals surface area contributed by atoms with Crippen molar-refractivity contribution < 1.29 is 0 Å². The molecule has 9 nitrogen and oxygen atoms in total. The summed E-state index contributed by atoms with van der Waals surface area (Å²) in [4.78, 5) is 28.2. The maximum Gasteiger partial charge on any atom is 0.291 e. The molecule has 3 fully saturated rings. The van der Waals surface area contributed by atoms with Gasteiger partial charge in [-0.25, -0.2) is 4.98 Å². The molecule has 208 valence electrons. The van der Waals surface area contributed by atoms with Crippen molar-refractivity contribution in [1.82, 2.24) is 25.1 Å². The highest BCUT2D eigenvalue weighted by Crippen LogP contribution is 2.29. The van der Waals surface area contributed by atoms with Gasteiger partial charge in [0.25, 0.3) is 5.56 Å². The number of hydrogen-bond acceptors (Lipinski definition) is 8. The first-order valence-electron chi connectivity index (χ1n) is 14.6. The number of benzene rings is 1. The van der Waals surface area contributed by atoms with E-state index in [0.29, 0.717) is 17.8 Å². The molecule has 0 amide bonds. The summed E-state index contributed by atoms with van der Waals surface area (Å²) in [5.41, 5.74) is 4.09. The van der Waals surface area contributed by atoms with Crippen LogP contribution in [0.3, 0.4) is 0 Å². The zero-order chi connectivity index (χ0) is 26.5. The van der Waals surface area contributed by atoms with Gasteiger partial charge in [-0.2, -0.15) is 0 Å². The number of nitrogens with one attached hydrogen (secondary N) is 4. The molecule has 1 aromatic heterocycles. The second-order valence-corrected chi connectivity index (χ2v) is 11.4. The third-order valence-corrected chi connectivity index (χ3v) is 8.68. The van der Waals surface area contributed by atoms with E-state index in [9.17, 15) is 4.79 Å². The normalized spacial score (nSPS) is 20.6. The largest absolute Gasteiger partial charge is 0.371 e. The van der Waals surface area contributed by atoms with Crippen LogP contribution in [-0.2, 0) is 6.42 Å². The molecule has 3 saturated heterocycles. The summed E-state index contributed by atoms with van der Waals surface area (Å²) in [5.74, 6) is 1.76. The number of aromatic nitrogens is 2. The molecule has 3 aliphatic heterocycles. The van der Waals surface area contributed by atoms with Gasteiger partial charge in [0.15, 0.2) is 5.82 Å². The summed E-state index contributed by atoms with van der Waals surface area (Å²) >= 11 is 0. The first kappa shape index (κ1) is 27.0. The zero-order valence-corrected chi connectivity index (χ0v) is 23.5. The van der Waals surface area contributed by atoms with E-state index >= 15 is 0 Å². The van der Waals surface area contributed by atoms with Crippen LogP contribution in [0.15, 0.2) is 23.0 Å². The molecule has 0 bridgehead atoms. The average Bonchev–Trinajstić information content (AvgIpc) is 2.94. The van der Waals surface area contributed by atoms with Gasteiger partial charge in [0.1, 0.15) is 5.82 Å². The number of rotatable bonds is 8. The predicted molar refractivity (Wildman–Crippen MR) is 157 cm³/mol. The molecular weight excluding hydrogens is 476 g/mol. The number of piperazine rings is 1. The quantitative estimate of drug-likeness (QED) is 0.421. The van der Waals surface area contributed by atoms with Crippen LogP contribution in [0.1, 0.15) is 43.9 Å². The van der Waals surface area contributed by atoms with E-state index < -0.39 is 0 Å². The Morgan fingerprint density at radius 1 is 1.00 bits per heavy atom. The fourth-order valence-electron chi connectivity index (χ4n) is 6.18. The first-order chi connectivity index (χ1) is 18.5. The third-order valence-electron chi connectivity index (χ3n) is 8.68. The van der Waals surface area contributed by atoms with Gasteiger partial charge in [0.05, 0.1) is 5.69 Å². The molecule has 0 aliphatic carbocycles. The van der Waals surface area contributed by atoms with E-state index in [1.165, 1.54) is 63.1 Å². The lowest BCUT2D eigenvalue weighted by Crippen LogP contribution is -2.52. The molecule has 1 aromatic carbocycles. The van der Waals surface area contributed by atoms with Gasteiger partial charge in [0.2, 0.25) is 0 Å². The summed E-state index contributed by atoms with van der Waals surface area (Å²) in [6, 6.07) is 7.12. The van der Waals surface area contributed by atoms with Crippen LogP contribution < -0.4 is 26.4 Å². The predicted octanol–water partition coefficient (Wildman–Crippen LogP) is 3.01. The van der Waals surface area contributed by atoms with E-state index in [1.54, 1.807) is 0 Å². The Kier molecular flexibility index (Phi) is 8.86.